The van der Waals surface area contributed by atoms with Gasteiger partial charge in [0.25, 0.3) is 0 Å². The number of fused-ring (bicyclic) bond motifs is 7. The number of aromatic nitrogens is 1. The minimum absolute atomic E-state index is 0. The number of hydrogen-bond donors (Lipinski definition) is 1. The summed E-state index contributed by atoms with van der Waals surface area (Å²) in [5.74, 6) is 0.547. The number of halogens is 3. The first-order valence-corrected chi connectivity index (χ1v) is 18.9. The third kappa shape index (κ3) is 6.96. The quantitative estimate of drug-likeness (QED) is 0.0909. The number of allylic oxidation sites excluding steroid dienone is 2. The Bertz CT molecular complexity index is 2260. The van der Waals surface area contributed by atoms with Gasteiger partial charge in [0.15, 0.2) is 5.78 Å². The van der Waals surface area contributed by atoms with Gasteiger partial charge < -0.3 is 19.5 Å². The minimum Gasteiger partial charge on any atom is -0.512 e. The van der Waals surface area contributed by atoms with Gasteiger partial charge in [0.05, 0.1) is 22.4 Å². The number of hydrogen-bond acceptors (Lipinski definition) is 4. The van der Waals surface area contributed by atoms with Crippen LogP contribution in [-0.4, -0.2) is 28.7 Å². The van der Waals surface area contributed by atoms with Crippen LogP contribution >= 0.6 is 0 Å². The summed E-state index contributed by atoms with van der Waals surface area (Å²) in [6.07, 6.45) is 0.542. The van der Waals surface area contributed by atoms with Crippen LogP contribution in [0.2, 0.25) is 0 Å². The number of aliphatic hydroxyl groups is 1. The molecule has 0 fully saturated rings. The Morgan fingerprint density at radius 1 is 0.907 bits per heavy atom. The molecule has 0 spiro atoms. The normalized spacial score (nSPS) is 13.9. The third-order valence-electron chi connectivity index (χ3n) is 11.5. The molecule has 2 aliphatic rings. The van der Waals surface area contributed by atoms with E-state index in [0.717, 1.165) is 81.2 Å². The van der Waals surface area contributed by atoms with Gasteiger partial charge in [0.2, 0.25) is 0 Å². The van der Waals surface area contributed by atoms with Crippen molar-refractivity contribution in [2.45, 2.75) is 101 Å². The van der Waals surface area contributed by atoms with Crippen molar-refractivity contribution in [3.8, 4) is 5.69 Å². The van der Waals surface area contributed by atoms with Crippen LogP contribution in [0.25, 0.3) is 38.3 Å². The van der Waals surface area contributed by atoms with E-state index in [2.05, 4.69) is 72.1 Å². The largest absolute Gasteiger partial charge is 0.512 e. The SMILES string of the molecule is CCC(CC)C(=O)/C=C(\O)C(CC)CC.Cc1cc(C)c2c(C)c3c([c-]c2c1)N1[CH-]N(C)c2ccc4c5ccc(CC(C)(C)C(F)(F)F)cc5n-3c4c21.[Ir]. The van der Waals surface area contributed by atoms with Crippen molar-refractivity contribution < 1.29 is 43.2 Å². The topological polar surface area (TPSA) is 48.7 Å². The van der Waals surface area contributed by atoms with Gasteiger partial charge in [-0.2, -0.15) is 19.8 Å². The van der Waals surface area contributed by atoms with E-state index in [0.29, 0.717) is 5.56 Å². The van der Waals surface area contributed by atoms with Crippen LogP contribution in [0.15, 0.2) is 54.3 Å². The second kappa shape index (κ2) is 15.4. The molecule has 7 rings (SSSR count). The molecule has 0 saturated heterocycles. The molecule has 1 N–H and O–H groups in total. The van der Waals surface area contributed by atoms with E-state index < -0.39 is 11.6 Å². The van der Waals surface area contributed by atoms with Gasteiger partial charge in [-0.05, 0) is 82.1 Å². The fourth-order valence-electron chi connectivity index (χ4n) is 8.33. The zero-order chi connectivity index (χ0) is 38.7. The molecule has 0 unspecified atom stereocenters. The first-order valence-electron chi connectivity index (χ1n) is 18.9. The minimum atomic E-state index is -4.28. The number of carbonyl (C=O) groups excluding carboxylic acids is 1. The first-order chi connectivity index (χ1) is 25.0. The maximum absolute atomic E-state index is 13.8. The molecule has 0 atom stereocenters. The van der Waals surface area contributed by atoms with Crippen LogP contribution in [0.1, 0.15) is 89.5 Å². The van der Waals surface area contributed by atoms with Crippen LogP contribution in [0, 0.1) is 50.8 Å². The van der Waals surface area contributed by atoms with E-state index in [9.17, 15) is 23.1 Å². The second-order valence-corrected chi connectivity index (χ2v) is 15.6. The van der Waals surface area contributed by atoms with E-state index in [-0.39, 0.29) is 49.9 Å². The van der Waals surface area contributed by atoms with Crippen molar-refractivity contribution in [2.24, 2.45) is 17.3 Å². The molecule has 1 radical (unpaired) electrons. The summed E-state index contributed by atoms with van der Waals surface area (Å²) >= 11 is 0. The summed E-state index contributed by atoms with van der Waals surface area (Å²) in [6.45, 7) is 19.1. The number of rotatable bonds is 9. The fourth-order valence-corrected chi connectivity index (χ4v) is 8.33. The molecule has 5 aromatic rings. The van der Waals surface area contributed by atoms with Crippen LogP contribution in [0.5, 0.6) is 0 Å². The average molecular weight is 916 g/mol. The average Bonchev–Trinajstić information content (AvgIpc) is 3.59. The van der Waals surface area contributed by atoms with Crippen LogP contribution < -0.4 is 9.80 Å². The van der Waals surface area contributed by atoms with Gasteiger partial charge in [0, 0.05) is 60.0 Å². The number of aliphatic hydroxyl groups excluding tert-OH is 1. The number of benzene rings is 4. The number of carbonyl (C=O) groups is 1. The number of anilines is 3. The summed E-state index contributed by atoms with van der Waals surface area (Å²) in [5, 5.41) is 14.1. The van der Waals surface area contributed by atoms with Crippen molar-refractivity contribution in [3.63, 3.8) is 0 Å². The molecule has 5 nitrogen and oxygen atoms in total. The maximum Gasteiger partial charge on any atom is 0.394 e. The van der Waals surface area contributed by atoms with Gasteiger partial charge >= 0.3 is 6.18 Å². The molecule has 4 aromatic carbocycles. The Kier molecular flexibility index (Phi) is 11.8. The summed E-state index contributed by atoms with van der Waals surface area (Å²) in [6, 6.07) is 18.2. The molecule has 0 amide bonds. The summed E-state index contributed by atoms with van der Waals surface area (Å²) < 4.78 is 43.6. The molecular weight excluding hydrogens is 864 g/mol. The summed E-state index contributed by atoms with van der Waals surface area (Å²) in [5.41, 5.74) is 8.58. The van der Waals surface area contributed by atoms with E-state index in [4.69, 9.17) is 0 Å². The number of alkyl halides is 3. The molecule has 54 heavy (non-hydrogen) atoms. The number of nitrogens with zero attached hydrogens (tertiary/aromatic N) is 3. The zero-order valence-corrected chi connectivity index (χ0v) is 35.4. The molecule has 291 valence electrons. The first kappa shape index (κ1) is 41.4. The Hall–Kier alpha value is -3.81. The monoisotopic (exact) mass is 916 g/mol. The Balaban J connectivity index is 0.000000301. The maximum atomic E-state index is 13.8. The number of aryl methyl sites for hydroxylation is 3. The summed E-state index contributed by atoms with van der Waals surface area (Å²) in [4.78, 5) is 16.1. The molecule has 0 aliphatic carbocycles. The van der Waals surface area contributed by atoms with Crippen molar-refractivity contribution in [3.05, 3.63) is 89.3 Å². The molecule has 9 heteroatoms. The smallest absolute Gasteiger partial charge is 0.394 e. The van der Waals surface area contributed by atoms with Crippen LogP contribution in [0.4, 0.5) is 30.2 Å². The Morgan fingerprint density at radius 3 is 2.15 bits per heavy atom. The molecule has 0 saturated carbocycles. The molecule has 2 aliphatic heterocycles. The fraction of sp³-hybridized carbons (Fsp3) is 0.422. The van der Waals surface area contributed by atoms with Gasteiger partial charge in [-0.25, -0.2) is 0 Å². The second-order valence-electron chi connectivity index (χ2n) is 15.6. The van der Waals surface area contributed by atoms with Crippen molar-refractivity contribution >= 4 is 55.4 Å². The Labute approximate surface area is 331 Å². The number of ketones is 1. The van der Waals surface area contributed by atoms with Crippen molar-refractivity contribution in [2.75, 3.05) is 16.8 Å². The van der Waals surface area contributed by atoms with E-state index in [1.807, 2.05) is 52.9 Å². The molecule has 0 bridgehead atoms. The zero-order valence-electron chi connectivity index (χ0n) is 33.1. The predicted octanol–water partition coefficient (Wildman–Crippen LogP) is 12.7. The van der Waals surface area contributed by atoms with Gasteiger partial charge in [0.1, 0.15) is 0 Å². The predicted molar refractivity (Wildman–Crippen MR) is 214 cm³/mol. The third-order valence-corrected chi connectivity index (χ3v) is 11.5. The Morgan fingerprint density at radius 2 is 1.54 bits per heavy atom. The van der Waals surface area contributed by atoms with Gasteiger partial charge in [-0.15, -0.1) is 28.5 Å². The standard InChI is InChI=1S/C32H28F3N3.C13H24O2.Ir/c1-17-11-18(2)27-19(3)28-26(14-21(27)12-17)37-16-36(6)24-10-9-23-22-8-7-20(15-31(4,5)32(33,34)35)13-25(22)38(28)29(23)30(24)37;1-5-10(6-2)12(14)9-13(15)11(7-3)8-4;/h7-13,16H,15H2,1-6H3;9-11,14H,5-8H2,1-4H3;/q-2;;/b;12-9-;. The van der Waals surface area contributed by atoms with Gasteiger partial charge in [-0.3, -0.25) is 4.79 Å². The molecule has 3 heterocycles. The van der Waals surface area contributed by atoms with E-state index >= 15 is 0 Å². The van der Waals surface area contributed by atoms with Crippen molar-refractivity contribution in [1.82, 2.24) is 4.57 Å². The van der Waals surface area contributed by atoms with Gasteiger partial charge in [-0.1, -0.05) is 83.9 Å². The van der Waals surface area contributed by atoms with Crippen LogP contribution in [0.3, 0.4) is 0 Å². The summed E-state index contributed by atoms with van der Waals surface area (Å²) in [7, 11) is 2.04. The van der Waals surface area contributed by atoms with E-state index in [1.165, 1.54) is 36.4 Å². The van der Waals surface area contributed by atoms with Crippen molar-refractivity contribution in [1.29, 1.82) is 0 Å². The molecular formula is C45H52F3IrN3O2-2. The van der Waals surface area contributed by atoms with Crippen LogP contribution in [-0.2, 0) is 31.3 Å². The van der Waals surface area contributed by atoms with E-state index in [1.54, 1.807) is 0 Å². The molecule has 1 aromatic heterocycles.